The van der Waals surface area contributed by atoms with Crippen molar-refractivity contribution in [1.82, 2.24) is 9.55 Å². The van der Waals surface area contributed by atoms with Crippen molar-refractivity contribution in [1.29, 1.82) is 0 Å². The first-order valence-electron chi connectivity index (χ1n) is 11.2. The molecule has 1 aromatic carbocycles. The second kappa shape index (κ2) is 8.59. The normalized spacial score (nSPS) is 19.8. The lowest BCUT2D eigenvalue weighted by atomic mass is 9.76. The molecule has 1 unspecified atom stereocenters. The predicted molar refractivity (Wildman–Crippen MR) is 127 cm³/mol. The van der Waals surface area contributed by atoms with Crippen LogP contribution in [-0.2, 0) is 0 Å². The van der Waals surface area contributed by atoms with Gasteiger partial charge in [0, 0.05) is 42.3 Å². The van der Waals surface area contributed by atoms with Gasteiger partial charge in [-0.25, -0.2) is 4.98 Å². The molecule has 30 heavy (non-hydrogen) atoms. The summed E-state index contributed by atoms with van der Waals surface area (Å²) in [6.45, 7) is 12.5. The third-order valence-corrected chi connectivity index (χ3v) is 6.37. The molecule has 2 heterocycles. The van der Waals surface area contributed by atoms with Crippen molar-refractivity contribution >= 4 is 11.9 Å². The summed E-state index contributed by atoms with van der Waals surface area (Å²) in [6, 6.07) is 10.5. The first kappa shape index (κ1) is 20.6. The Morgan fingerprint density at radius 3 is 2.47 bits per heavy atom. The van der Waals surface area contributed by atoms with Gasteiger partial charge in [0.15, 0.2) is 0 Å². The quantitative estimate of drug-likeness (QED) is 0.543. The molecule has 1 aliphatic heterocycles. The van der Waals surface area contributed by atoms with E-state index < -0.39 is 0 Å². The zero-order chi connectivity index (χ0) is 21.3. The molecule has 1 aromatic heterocycles. The van der Waals surface area contributed by atoms with Crippen LogP contribution in [0, 0.1) is 17.8 Å². The second-order valence-corrected chi connectivity index (χ2v) is 9.12. The summed E-state index contributed by atoms with van der Waals surface area (Å²) in [5, 5.41) is 0. The summed E-state index contributed by atoms with van der Waals surface area (Å²) >= 11 is 0. The SMILES string of the molecule is CC1=C(C2C=C(C(C)C)C(n3ccnc3-c3ccccc3)=C(C(C)C)C2)C=NCC1. The predicted octanol–water partition coefficient (Wildman–Crippen LogP) is 6.81. The molecule has 0 fully saturated rings. The Balaban J connectivity index is 1.87. The maximum atomic E-state index is 4.74. The molecule has 3 nitrogen and oxygen atoms in total. The lowest BCUT2D eigenvalue weighted by Crippen LogP contribution is -2.21. The van der Waals surface area contributed by atoms with Gasteiger partial charge in [-0.05, 0) is 48.3 Å². The van der Waals surface area contributed by atoms with Crippen LogP contribution in [0.3, 0.4) is 0 Å². The van der Waals surface area contributed by atoms with E-state index in [4.69, 9.17) is 4.98 Å². The number of rotatable bonds is 5. The van der Waals surface area contributed by atoms with Crippen LogP contribution >= 0.6 is 0 Å². The maximum absolute atomic E-state index is 4.74. The van der Waals surface area contributed by atoms with Crippen LogP contribution in [0.5, 0.6) is 0 Å². The molecule has 3 heteroatoms. The average molecular weight is 400 g/mol. The van der Waals surface area contributed by atoms with E-state index in [2.05, 4.69) is 93.0 Å². The van der Waals surface area contributed by atoms with Crippen LogP contribution < -0.4 is 0 Å². The minimum Gasteiger partial charge on any atom is -0.300 e. The standard InChI is InChI=1S/C27H33N3/c1-18(2)23-15-22(25-17-28-12-11-20(25)5)16-24(19(3)4)26(23)30-14-13-29-27(30)21-9-7-6-8-10-21/h6-10,13-15,17-19,22H,11-12,16H2,1-5H3. The fourth-order valence-electron chi connectivity index (χ4n) is 4.69. The Morgan fingerprint density at radius 2 is 1.80 bits per heavy atom. The third kappa shape index (κ3) is 3.86. The van der Waals surface area contributed by atoms with Gasteiger partial charge in [0.1, 0.15) is 5.82 Å². The lowest BCUT2D eigenvalue weighted by molar-refractivity contribution is 0.619. The van der Waals surface area contributed by atoms with Gasteiger partial charge >= 0.3 is 0 Å². The van der Waals surface area contributed by atoms with Crippen LogP contribution in [0.4, 0.5) is 0 Å². The van der Waals surface area contributed by atoms with Gasteiger partial charge in [-0.2, -0.15) is 0 Å². The zero-order valence-electron chi connectivity index (χ0n) is 18.9. The number of nitrogens with zero attached hydrogens (tertiary/aromatic N) is 3. The van der Waals surface area contributed by atoms with Crippen LogP contribution in [0.15, 0.2) is 76.1 Å². The number of hydrogen-bond acceptors (Lipinski definition) is 2. The first-order chi connectivity index (χ1) is 14.5. The van der Waals surface area contributed by atoms with E-state index in [1.807, 2.05) is 6.20 Å². The molecule has 0 N–H and O–H groups in total. The van der Waals surface area contributed by atoms with Gasteiger partial charge in [-0.3, -0.25) is 9.56 Å². The summed E-state index contributed by atoms with van der Waals surface area (Å²) in [5.41, 5.74) is 8.35. The van der Waals surface area contributed by atoms with Gasteiger partial charge < -0.3 is 0 Å². The smallest absolute Gasteiger partial charge is 0.144 e. The molecule has 156 valence electrons. The number of aliphatic imine (C=N–C) groups is 1. The Labute approximate surface area is 181 Å². The highest BCUT2D eigenvalue weighted by molar-refractivity contribution is 5.84. The van der Waals surface area contributed by atoms with Crippen molar-refractivity contribution < 1.29 is 0 Å². The number of dihydropyridines is 1. The van der Waals surface area contributed by atoms with Gasteiger partial charge in [-0.15, -0.1) is 0 Å². The Bertz CT molecular complexity index is 1030. The highest BCUT2D eigenvalue weighted by Crippen LogP contribution is 2.43. The van der Waals surface area contributed by atoms with E-state index in [-0.39, 0.29) is 0 Å². The van der Waals surface area contributed by atoms with Gasteiger partial charge in [0.25, 0.3) is 0 Å². The number of hydrogen-bond donors (Lipinski definition) is 0. The highest BCUT2D eigenvalue weighted by atomic mass is 15.1. The molecule has 0 amide bonds. The van der Waals surface area contributed by atoms with Crippen molar-refractivity contribution in [2.24, 2.45) is 22.7 Å². The van der Waals surface area contributed by atoms with E-state index >= 15 is 0 Å². The molecule has 0 saturated heterocycles. The van der Waals surface area contributed by atoms with Crippen molar-refractivity contribution in [2.45, 2.75) is 47.5 Å². The average Bonchev–Trinajstić information content (AvgIpc) is 3.23. The van der Waals surface area contributed by atoms with Crippen molar-refractivity contribution in [3.05, 3.63) is 71.1 Å². The van der Waals surface area contributed by atoms with E-state index in [9.17, 15) is 0 Å². The largest absolute Gasteiger partial charge is 0.300 e. The third-order valence-electron chi connectivity index (χ3n) is 6.37. The molecule has 1 atom stereocenters. The maximum Gasteiger partial charge on any atom is 0.144 e. The van der Waals surface area contributed by atoms with E-state index in [1.165, 1.54) is 28.0 Å². The molecule has 0 bridgehead atoms. The number of allylic oxidation sites excluding steroid dienone is 5. The summed E-state index contributed by atoms with van der Waals surface area (Å²) in [4.78, 5) is 9.34. The molecule has 4 rings (SSSR count). The van der Waals surface area contributed by atoms with E-state index in [1.54, 1.807) is 0 Å². The topological polar surface area (TPSA) is 30.2 Å². The minimum atomic E-state index is 0.413. The molecule has 2 aliphatic rings. The summed E-state index contributed by atoms with van der Waals surface area (Å²) in [7, 11) is 0. The lowest BCUT2D eigenvalue weighted by Gasteiger charge is -2.33. The Kier molecular flexibility index (Phi) is 5.90. The van der Waals surface area contributed by atoms with Crippen LogP contribution in [0.1, 0.15) is 47.5 Å². The monoisotopic (exact) mass is 399 g/mol. The van der Waals surface area contributed by atoms with Crippen LogP contribution in [-0.4, -0.2) is 22.3 Å². The summed E-state index contributed by atoms with van der Waals surface area (Å²) < 4.78 is 2.32. The minimum absolute atomic E-state index is 0.413. The number of imidazole rings is 1. The summed E-state index contributed by atoms with van der Waals surface area (Å²) in [5.74, 6) is 2.33. The zero-order valence-corrected chi connectivity index (χ0v) is 18.9. The van der Waals surface area contributed by atoms with E-state index in [0.29, 0.717) is 17.8 Å². The first-order valence-corrected chi connectivity index (χ1v) is 11.2. The molecule has 1 aliphatic carbocycles. The Hall–Kier alpha value is -2.68. The molecule has 0 radical (unpaired) electrons. The molecule has 0 spiro atoms. The van der Waals surface area contributed by atoms with Gasteiger partial charge in [-0.1, -0.05) is 69.7 Å². The van der Waals surface area contributed by atoms with Crippen LogP contribution in [0.25, 0.3) is 17.1 Å². The highest BCUT2D eigenvalue weighted by Gasteiger charge is 2.30. The van der Waals surface area contributed by atoms with Crippen molar-refractivity contribution in [3.8, 4) is 11.4 Å². The van der Waals surface area contributed by atoms with Gasteiger partial charge in [0.05, 0.1) is 0 Å². The molecule has 0 saturated carbocycles. The van der Waals surface area contributed by atoms with Gasteiger partial charge in [0.2, 0.25) is 0 Å². The number of aromatic nitrogens is 2. The van der Waals surface area contributed by atoms with Crippen LogP contribution in [0.2, 0.25) is 0 Å². The Morgan fingerprint density at radius 1 is 1.03 bits per heavy atom. The van der Waals surface area contributed by atoms with Crippen molar-refractivity contribution in [3.63, 3.8) is 0 Å². The summed E-state index contributed by atoms with van der Waals surface area (Å²) in [6.07, 6.45) is 10.8. The fourth-order valence-corrected chi connectivity index (χ4v) is 4.69. The second-order valence-electron chi connectivity index (χ2n) is 9.12. The van der Waals surface area contributed by atoms with E-state index in [0.717, 1.165) is 30.8 Å². The van der Waals surface area contributed by atoms with Crippen molar-refractivity contribution in [2.75, 3.05) is 6.54 Å². The fraction of sp³-hybridized carbons (Fsp3) is 0.407. The molecular weight excluding hydrogens is 366 g/mol. The number of benzene rings is 1. The molecular formula is C27H33N3. The molecule has 2 aromatic rings.